The van der Waals surface area contributed by atoms with Crippen LogP contribution in [0.4, 0.5) is 5.69 Å². The summed E-state index contributed by atoms with van der Waals surface area (Å²) < 4.78 is 11.4. The molecule has 4 saturated carbocycles. The van der Waals surface area contributed by atoms with Crippen LogP contribution in [0.2, 0.25) is 0 Å². The minimum Gasteiger partial charge on any atom is -0.490 e. The van der Waals surface area contributed by atoms with Gasteiger partial charge in [0.2, 0.25) is 11.8 Å². The summed E-state index contributed by atoms with van der Waals surface area (Å²) in [6, 6.07) is 5.35. The number of hydrogen-bond donors (Lipinski definition) is 1. The second-order valence-electron chi connectivity index (χ2n) is 10.1. The molecular weight excluding hydrogens is 472 g/mol. The highest BCUT2D eigenvalue weighted by Gasteiger charge is 2.57. The fraction of sp³-hybridized carbons (Fsp3) is 0.680. The van der Waals surface area contributed by atoms with Crippen LogP contribution in [0, 0.1) is 17.3 Å². The third kappa shape index (κ3) is 5.08. The molecule has 176 valence electrons. The summed E-state index contributed by atoms with van der Waals surface area (Å²) in [6.07, 6.45) is 7.80. The number of ether oxygens (including phenoxy) is 2. The molecular formula is C25H35BrN2O4. The number of benzene rings is 1. The van der Waals surface area contributed by atoms with Gasteiger partial charge in [-0.3, -0.25) is 9.59 Å². The first-order valence-corrected chi connectivity index (χ1v) is 12.6. The Kier molecular flexibility index (Phi) is 6.76. The third-order valence-corrected chi connectivity index (χ3v) is 8.20. The number of nitrogens with one attached hydrogen (secondary N) is 1. The molecule has 0 spiro atoms. The van der Waals surface area contributed by atoms with Crippen LogP contribution >= 0.6 is 15.9 Å². The highest BCUT2D eigenvalue weighted by molar-refractivity contribution is 9.10. The molecule has 0 aromatic heterocycles. The number of nitrogens with zero attached hydrogens (tertiary/aromatic N) is 1. The predicted octanol–water partition coefficient (Wildman–Crippen LogP) is 5.00. The number of carbonyl (C=O) groups excluding carboxylic acids is 2. The van der Waals surface area contributed by atoms with Crippen molar-refractivity contribution in [3.8, 4) is 11.5 Å². The van der Waals surface area contributed by atoms with Gasteiger partial charge in [-0.05, 0) is 81.8 Å². The first kappa shape index (κ1) is 23.4. The van der Waals surface area contributed by atoms with E-state index in [9.17, 15) is 9.59 Å². The van der Waals surface area contributed by atoms with Gasteiger partial charge in [0.25, 0.3) is 0 Å². The minimum atomic E-state index is -0.213. The van der Waals surface area contributed by atoms with Crippen molar-refractivity contribution in [3.63, 3.8) is 0 Å². The minimum absolute atomic E-state index is 0.0401. The monoisotopic (exact) mass is 506 g/mol. The standard InChI is InChI=1S/C25H35BrN2O4/c1-4-31-20-7-6-19(9-21(20)32-5-2)27-22(29)15-28(3)23(30)14-24-10-17-8-18(11-24)13-25(26,12-17)16-24/h6-7,9,17-18H,4-5,8,10-16H2,1-3H3,(H,27,29). The lowest BCUT2D eigenvalue weighted by Crippen LogP contribution is -2.54. The van der Waals surface area contributed by atoms with Crippen molar-refractivity contribution >= 4 is 33.4 Å². The highest BCUT2D eigenvalue weighted by Crippen LogP contribution is 2.65. The maximum atomic E-state index is 13.1. The number of anilines is 1. The van der Waals surface area contributed by atoms with Crippen LogP contribution in [-0.2, 0) is 9.59 Å². The number of hydrogen-bond acceptors (Lipinski definition) is 4. The van der Waals surface area contributed by atoms with E-state index in [0.29, 0.717) is 36.8 Å². The van der Waals surface area contributed by atoms with Crippen molar-refractivity contribution in [1.82, 2.24) is 4.90 Å². The molecule has 0 radical (unpaired) electrons. The summed E-state index contributed by atoms with van der Waals surface area (Å²) in [5.74, 6) is 2.60. The van der Waals surface area contributed by atoms with Gasteiger partial charge in [0, 0.05) is 29.5 Å². The van der Waals surface area contributed by atoms with Crippen molar-refractivity contribution < 1.29 is 19.1 Å². The second-order valence-corrected chi connectivity index (χ2v) is 11.8. The number of halogens is 1. The Balaban J connectivity index is 1.34. The fourth-order valence-electron chi connectivity index (χ4n) is 6.63. The van der Waals surface area contributed by atoms with Crippen LogP contribution in [0.5, 0.6) is 11.5 Å². The van der Waals surface area contributed by atoms with E-state index in [-0.39, 0.29) is 28.1 Å². The van der Waals surface area contributed by atoms with Crippen molar-refractivity contribution in [2.24, 2.45) is 17.3 Å². The van der Waals surface area contributed by atoms with Crippen molar-refractivity contribution in [3.05, 3.63) is 18.2 Å². The number of amides is 2. The largest absolute Gasteiger partial charge is 0.490 e. The van der Waals surface area contributed by atoms with Crippen LogP contribution in [0.15, 0.2) is 18.2 Å². The number of carbonyl (C=O) groups is 2. The molecule has 4 fully saturated rings. The Bertz CT molecular complexity index is 859. The highest BCUT2D eigenvalue weighted by atomic mass is 79.9. The van der Waals surface area contributed by atoms with Crippen LogP contribution < -0.4 is 14.8 Å². The van der Waals surface area contributed by atoms with E-state index in [1.807, 2.05) is 13.8 Å². The molecule has 5 rings (SSSR count). The summed E-state index contributed by atoms with van der Waals surface area (Å²) in [5.41, 5.74) is 0.738. The molecule has 4 aliphatic rings. The quantitative estimate of drug-likeness (QED) is 0.478. The Morgan fingerprint density at radius 1 is 1.09 bits per heavy atom. The molecule has 7 heteroatoms. The summed E-state index contributed by atoms with van der Waals surface area (Å²) in [4.78, 5) is 27.3. The van der Waals surface area contributed by atoms with E-state index in [0.717, 1.165) is 31.1 Å². The Hall–Kier alpha value is -1.76. The van der Waals surface area contributed by atoms with Crippen LogP contribution in [-0.4, -0.2) is 47.8 Å². The molecule has 2 atom stereocenters. The second kappa shape index (κ2) is 9.24. The van der Waals surface area contributed by atoms with Crippen LogP contribution in [0.1, 0.15) is 58.8 Å². The molecule has 0 saturated heterocycles. The van der Waals surface area contributed by atoms with Gasteiger partial charge in [0.15, 0.2) is 11.5 Å². The fourth-order valence-corrected chi connectivity index (χ4v) is 8.14. The summed E-state index contributed by atoms with van der Waals surface area (Å²) in [6.45, 7) is 4.91. The van der Waals surface area contributed by atoms with Crippen LogP contribution in [0.25, 0.3) is 0 Å². The van der Waals surface area contributed by atoms with Crippen molar-refractivity contribution in [2.75, 3.05) is 32.1 Å². The topological polar surface area (TPSA) is 67.9 Å². The van der Waals surface area contributed by atoms with E-state index < -0.39 is 0 Å². The summed E-state index contributed by atoms with van der Waals surface area (Å²) in [5, 5.41) is 2.89. The van der Waals surface area contributed by atoms with E-state index in [2.05, 4.69) is 21.2 Å². The molecule has 4 bridgehead atoms. The average molecular weight is 507 g/mol. The molecule has 1 aromatic rings. The van der Waals surface area contributed by atoms with Gasteiger partial charge in [-0.15, -0.1) is 0 Å². The number of rotatable bonds is 9. The smallest absolute Gasteiger partial charge is 0.243 e. The number of alkyl halides is 1. The maximum Gasteiger partial charge on any atom is 0.243 e. The van der Waals surface area contributed by atoms with Gasteiger partial charge < -0.3 is 19.7 Å². The van der Waals surface area contributed by atoms with Gasteiger partial charge >= 0.3 is 0 Å². The zero-order valence-corrected chi connectivity index (χ0v) is 21.0. The third-order valence-electron chi connectivity index (χ3n) is 7.27. The van der Waals surface area contributed by atoms with Gasteiger partial charge in [0.05, 0.1) is 19.8 Å². The molecule has 6 nitrogen and oxygen atoms in total. The van der Waals surface area contributed by atoms with Gasteiger partial charge in [0.1, 0.15) is 0 Å². The van der Waals surface area contributed by atoms with Gasteiger partial charge in [-0.25, -0.2) is 0 Å². The van der Waals surface area contributed by atoms with Crippen molar-refractivity contribution in [1.29, 1.82) is 0 Å². The van der Waals surface area contributed by atoms with E-state index >= 15 is 0 Å². The first-order chi connectivity index (χ1) is 15.2. The SMILES string of the molecule is CCOc1ccc(NC(=O)CN(C)C(=O)CC23CC4CC(CC(Br)(C4)C2)C3)cc1OCC. The summed E-state index contributed by atoms with van der Waals surface area (Å²) >= 11 is 4.02. The normalized spacial score (nSPS) is 30.1. The van der Waals surface area contributed by atoms with E-state index in [1.54, 1.807) is 30.1 Å². The zero-order valence-electron chi connectivity index (χ0n) is 19.4. The number of likely N-dealkylation sites (N-methyl/N-ethyl adjacent to an activating group) is 1. The zero-order chi connectivity index (χ0) is 22.9. The molecule has 32 heavy (non-hydrogen) atoms. The van der Waals surface area contributed by atoms with E-state index in [4.69, 9.17) is 9.47 Å². The maximum absolute atomic E-state index is 13.1. The Labute approximate surface area is 199 Å². The lowest BCUT2D eigenvalue weighted by atomic mass is 9.48. The molecule has 0 heterocycles. The molecule has 2 unspecified atom stereocenters. The molecule has 0 aliphatic heterocycles. The van der Waals surface area contributed by atoms with Gasteiger partial charge in [-0.2, -0.15) is 0 Å². The Morgan fingerprint density at radius 2 is 1.75 bits per heavy atom. The molecule has 4 aliphatic carbocycles. The predicted molar refractivity (Wildman–Crippen MR) is 128 cm³/mol. The lowest BCUT2D eigenvalue weighted by Gasteiger charge is -2.60. The first-order valence-electron chi connectivity index (χ1n) is 11.9. The molecule has 1 aromatic carbocycles. The Morgan fingerprint density at radius 3 is 2.38 bits per heavy atom. The summed E-state index contributed by atoms with van der Waals surface area (Å²) in [7, 11) is 1.73. The molecule has 2 amide bonds. The van der Waals surface area contributed by atoms with Crippen molar-refractivity contribution in [2.45, 2.75) is 63.1 Å². The van der Waals surface area contributed by atoms with Gasteiger partial charge in [-0.1, -0.05) is 15.9 Å². The average Bonchev–Trinajstić information content (AvgIpc) is 2.68. The van der Waals surface area contributed by atoms with E-state index in [1.165, 1.54) is 19.3 Å². The molecule has 1 N–H and O–H groups in total. The lowest BCUT2D eigenvalue weighted by molar-refractivity contribution is -0.139. The van der Waals surface area contributed by atoms with Crippen LogP contribution in [0.3, 0.4) is 0 Å².